The summed E-state index contributed by atoms with van der Waals surface area (Å²) in [4.78, 5) is 10.9. The van der Waals surface area contributed by atoms with Crippen LogP contribution in [0, 0.1) is 5.92 Å². The molecule has 0 saturated heterocycles. The number of carbonyl (C=O) groups excluding carboxylic acids is 1. The second kappa shape index (κ2) is 3.95. The average molecular weight is 188 g/mol. The predicted molar refractivity (Wildman–Crippen MR) is 57.6 cm³/mol. The second-order valence-electron chi connectivity index (χ2n) is 4.23. The molecule has 1 fully saturated rings. The predicted octanol–water partition coefficient (Wildman–Crippen LogP) is 3.40. The van der Waals surface area contributed by atoms with Crippen molar-refractivity contribution in [2.75, 3.05) is 0 Å². The number of aldehydes is 1. The number of hydrogen-bond donors (Lipinski definition) is 0. The highest BCUT2D eigenvalue weighted by molar-refractivity contribution is 5.77. The lowest BCUT2D eigenvalue weighted by Crippen LogP contribution is -2.19. The first-order chi connectivity index (χ1) is 6.83. The normalized spacial score (nSPS) is 18.6. The largest absolute Gasteiger partial charge is 0.298 e. The van der Waals surface area contributed by atoms with Crippen molar-refractivity contribution < 1.29 is 4.79 Å². The van der Waals surface area contributed by atoms with Gasteiger partial charge in [0.1, 0.15) is 6.29 Å². The Morgan fingerprint density at radius 2 is 2.07 bits per heavy atom. The lowest BCUT2D eigenvalue weighted by atomic mass is 9.73. The summed E-state index contributed by atoms with van der Waals surface area (Å²) < 4.78 is 0. The van der Waals surface area contributed by atoms with E-state index in [9.17, 15) is 4.79 Å². The van der Waals surface area contributed by atoms with E-state index in [1.165, 1.54) is 24.8 Å². The third-order valence-corrected chi connectivity index (χ3v) is 3.47. The summed E-state index contributed by atoms with van der Waals surface area (Å²) in [5.74, 6) is 1.35. The molecule has 14 heavy (non-hydrogen) atoms. The fraction of sp³-hybridized carbons (Fsp3) is 0.462. The molecule has 1 nitrogen and oxygen atoms in total. The van der Waals surface area contributed by atoms with Gasteiger partial charge in [-0.1, -0.05) is 37.6 Å². The third-order valence-electron chi connectivity index (χ3n) is 3.47. The molecule has 74 valence electrons. The zero-order chi connectivity index (χ0) is 9.97. The molecule has 0 N–H and O–H groups in total. The van der Waals surface area contributed by atoms with Crippen LogP contribution in [0.1, 0.15) is 48.0 Å². The molecule has 1 saturated carbocycles. The van der Waals surface area contributed by atoms with Gasteiger partial charge in [-0.05, 0) is 30.2 Å². The molecule has 0 bridgehead atoms. The molecule has 1 heteroatoms. The highest BCUT2D eigenvalue weighted by atomic mass is 16.1. The number of rotatable bonds is 3. The van der Waals surface area contributed by atoms with E-state index in [1.807, 2.05) is 18.2 Å². The van der Waals surface area contributed by atoms with E-state index < -0.39 is 0 Å². The van der Waals surface area contributed by atoms with Gasteiger partial charge in [-0.3, -0.25) is 4.79 Å². The molecule has 1 atom stereocenters. The van der Waals surface area contributed by atoms with Crippen LogP contribution >= 0.6 is 0 Å². The third kappa shape index (κ3) is 1.59. The summed E-state index contributed by atoms with van der Waals surface area (Å²) in [6.07, 6.45) is 4.99. The number of benzene rings is 1. The summed E-state index contributed by atoms with van der Waals surface area (Å²) in [5.41, 5.74) is 2.10. The Bertz CT molecular complexity index is 326. The molecule has 0 heterocycles. The standard InChI is InChI=1S/C13H16O/c1-10(11-6-4-7-11)13-8-3-2-5-12(13)9-14/h2-3,5,8-11H,4,6-7H2,1H3. The molecule has 1 aromatic carbocycles. The molecule has 0 aromatic heterocycles. The van der Waals surface area contributed by atoms with Gasteiger partial charge in [-0.15, -0.1) is 0 Å². The molecule has 1 aliphatic rings. The quantitative estimate of drug-likeness (QED) is 0.664. The van der Waals surface area contributed by atoms with Crippen LogP contribution in [0.5, 0.6) is 0 Å². The molecule has 0 aliphatic heterocycles. The van der Waals surface area contributed by atoms with Crippen molar-refractivity contribution in [3.8, 4) is 0 Å². The highest BCUT2D eigenvalue weighted by Crippen LogP contribution is 2.39. The van der Waals surface area contributed by atoms with Gasteiger partial charge in [0, 0.05) is 5.56 Å². The summed E-state index contributed by atoms with van der Waals surface area (Å²) >= 11 is 0. The maximum absolute atomic E-state index is 10.9. The maximum Gasteiger partial charge on any atom is 0.150 e. The Morgan fingerprint density at radius 3 is 2.64 bits per heavy atom. The molecule has 0 spiro atoms. The summed E-state index contributed by atoms with van der Waals surface area (Å²) in [6.45, 7) is 2.24. The van der Waals surface area contributed by atoms with Gasteiger partial charge < -0.3 is 0 Å². The van der Waals surface area contributed by atoms with Crippen molar-refractivity contribution in [2.24, 2.45) is 5.92 Å². The van der Waals surface area contributed by atoms with Crippen molar-refractivity contribution >= 4 is 6.29 Å². The van der Waals surface area contributed by atoms with Gasteiger partial charge in [-0.25, -0.2) is 0 Å². The molecule has 2 rings (SSSR count). The van der Waals surface area contributed by atoms with Gasteiger partial charge in [0.05, 0.1) is 0 Å². The lowest BCUT2D eigenvalue weighted by Gasteiger charge is -2.32. The first-order valence-corrected chi connectivity index (χ1v) is 5.37. The van der Waals surface area contributed by atoms with Crippen LogP contribution in [0.2, 0.25) is 0 Å². The zero-order valence-corrected chi connectivity index (χ0v) is 8.57. The average Bonchev–Trinajstić information content (AvgIpc) is 2.15. The van der Waals surface area contributed by atoms with E-state index in [4.69, 9.17) is 0 Å². The van der Waals surface area contributed by atoms with Gasteiger partial charge in [0.25, 0.3) is 0 Å². The topological polar surface area (TPSA) is 17.1 Å². The van der Waals surface area contributed by atoms with Gasteiger partial charge in [0.2, 0.25) is 0 Å². The smallest absolute Gasteiger partial charge is 0.150 e. The minimum Gasteiger partial charge on any atom is -0.298 e. The van der Waals surface area contributed by atoms with Crippen molar-refractivity contribution in [1.29, 1.82) is 0 Å². The SMILES string of the molecule is CC(c1ccccc1C=O)C1CCC1. The first kappa shape index (κ1) is 9.45. The van der Waals surface area contributed by atoms with Crippen LogP contribution in [0.3, 0.4) is 0 Å². The Hall–Kier alpha value is -1.11. The Labute approximate surface area is 85.1 Å². The molecule has 1 aliphatic carbocycles. The van der Waals surface area contributed by atoms with Crippen molar-refractivity contribution in [3.05, 3.63) is 35.4 Å². The maximum atomic E-state index is 10.9. The summed E-state index contributed by atoms with van der Waals surface area (Å²) in [5, 5.41) is 0. The Balaban J connectivity index is 2.24. The Kier molecular flexibility index (Phi) is 2.67. The minimum absolute atomic E-state index is 0.546. The first-order valence-electron chi connectivity index (χ1n) is 5.37. The van der Waals surface area contributed by atoms with Crippen LogP contribution in [-0.2, 0) is 0 Å². The van der Waals surface area contributed by atoms with Gasteiger partial charge in [0.15, 0.2) is 0 Å². The van der Waals surface area contributed by atoms with E-state index >= 15 is 0 Å². The monoisotopic (exact) mass is 188 g/mol. The van der Waals surface area contributed by atoms with Crippen LogP contribution in [0.25, 0.3) is 0 Å². The van der Waals surface area contributed by atoms with Gasteiger partial charge >= 0.3 is 0 Å². The van der Waals surface area contributed by atoms with Gasteiger partial charge in [-0.2, -0.15) is 0 Å². The molecule has 0 amide bonds. The fourth-order valence-electron chi connectivity index (χ4n) is 2.23. The molecular weight excluding hydrogens is 172 g/mol. The summed E-state index contributed by atoms with van der Waals surface area (Å²) in [6, 6.07) is 7.96. The number of carbonyl (C=O) groups is 1. The fourth-order valence-corrected chi connectivity index (χ4v) is 2.23. The van der Waals surface area contributed by atoms with Crippen LogP contribution in [0.15, 0.2) is 24.3 Å². The minimum atomic E-state index is 0.546. The van der Waals surface area contributed by atoms with Crippen molar-refractivity contribution in [2.45, 2.75) is 32.1 Å². The van der Waals surface area contributed by atoms with Crippen LogP contribution < -0.4 is 0 Å². The van der Waals surface area contributed by atoms with Crippen LogP contribution in [0.4, 0.5) is 0 Å². The lowest BCUT2D eigenvalue weighted by molar-refractivity contribution is 0.112. The molecule has 1 aromatic rings. The van der Waals surface area contributed by atoms with Crippen LogP contribution in [-0.4, -0.2) is 6.29 Å². The second-order valence-corrected chi connectivity index (χ2v) is 4.23. The molecule has 0 radical (unpaired) electrons. The molecular formula is C13H16O. The van der Waals surface area contributed by atoms with E-state index in [0.717, 1.165) is 17.8 Å². The Morgan fingerprint density at radius 1 is 1.36 bits per heavy atom. The highest BCUT2D eigenvalue weighted by Gasteiger charge is 2.25. The zero-order valence-electron chi connectivity index (χ0n) is 8.57. The van der Waals surface area contributed by atoms with Crippen molar-refractivity contribution in [1.82, 2.24) is 0 Å². The van der Waals surface area contributed by atoms with E-state index in [1.54, 1.807) is 0 Å². The van der Waals surface area contributed by atoms with E-state index in [2.05, 4.69) is 13.0 Å². The molecule has 1 unspecified atom stereocenters. The van der Waals surface area contributed by atoms with Crippen molar-refractivity contribution in [3.63, 3.8) is 0 Å². The number of hydrogen-bond acceptors (Lipinski definition) is 1. The van der Waals surface area contributed by atoms with E-state index in [-0.39, 0.29) is 0 Å². The van der Waals surface area contributed by atoms with E-state index in [0.29, 0.717) is 5.92 Å². The summed E-state index contributed by atoms with van der Waals surface area (Å²) in [7, 11) is 0.